The molecule has 0 bridgehead atoms. The SMILES string of the molecule is C[C@H](C(=O)NCCN1CCOCC1)[C@@H]1CC[C@@]2(C)Cc3sc(NCc4ccccc4)nc3[C@@H](C)[C@@H]2[C@H]1O. The molecule has 1 aromatic heterocycles. The third-order valence-electron chi connectivity index (χ3n) is 9.10. The maximum Gasteiger partial charge on any atom is 0.223 e. The molecule has 1 aliphatic heterocycles. The molecule has 5 rings (SSSR count). The van der Waals surface area contributed by atoms with E-state index in [4.69, 9.17) is 9.72 Å². The molecule has 6 atom stereocenters. The van der Waals surface area contributed by atoms with Crippen LogP contribution in [-0.4, -0.2) is 66.4 Å². The summed E-state index contributed by atoms with van der Waals surface area (Å²) >= 11 is 1.77. The minimum absolute atomic E-state index is 0.0259. The summed E-state index contributed by atoms with van der Waals surface area (Å²) < 4.78 is 5.41. The number of hydrogen-bond acceptors (Lipinski definition) is 7. The predicted molar refractivity (Wildman–Crippen MR) is 148 cm³/mol. The van der Waals surface area contributed by atoms with Gasteiger partial charge >= 0.3 is 0 Å². The summed E-state index contributed by atoms with van der Waals surface area (Å²) in [6, 6.07) is 10.4. The Kier molecular flexibility index (Phi) is 8.19. The van der Waals surface area contributed by atoms with E-state index in [2.05, 4.69) is 53.6 Å². The summed E-state index contributed by atoms with van der Waals surface area (Å²) in [4.78, 5) is 21.7. The molecule has 1 amide bonds. The van der Waals surface area contributed by atoms with E-state index in [-0.39, 0.29) is 35.0 Å². The first-order chi connectivity index (χ1) is 17.9. The number of carbonyl (C=O) groups excluding carboxylic acids is 1. The topological polar surface area (TPSA) is 86.7 Å². The Hall–Kier alpha value is -2.00. The minimum Gasteiger partial charge on any atom is -0.392 e. The van der Waals surface area contributed by atoms with Crippen molar-refractivity contribution in [2.75, 3.05) is 44.7 Å². The molecular formula is C29H42N4O3S. The quantitative estimate of drug-likeness (QED) is 0.484. The Morgan fingerprint density at radius 2 is 2.05 bits per heavy atom. The number of nitrogens with one attached hydrogen (secondary N) is 2. The number of morpholine rings is 1. The van der Waals surface area contributed by atoms with Crippen molar-refractivity contribution in [3.05, 3.63) is 46.5 Å². The maximum absolute atomic E-state index is 13.1. The molecule has 2 aromatic rings. The van der Waals surface area contributed by atoms with Crippen LogP contribution in [0.1, 0.15) is 55.7 Å². The molecule has 3 aliphatic rings. The van der Waals surface area contributed by atoms with Crippen LogP contribution in [0.3, 0.4) is 0 Å². The van der Waals surface area contributed by atoms with E-state index in [1.54, 1.807) is 11.3 Å². The van der Waals surface area contributed by atoms with Crippen LogP contribution in [0.15, 0.2) is 30.3 Å². The number of rotatable bonds is 8. The highest BCUT2D eigenvalue weighted by atomic mass is 32.1. The van der Waals surface area contributed by atoms with Gasteiger partial charge in [0, 0.05) is 49.4 Å². The van der Waals surface area contributed by atoms with Crippen LogP contribution in [0, 0.1) is 23.2 Å². The molecule has 0 radical (unpaired) electrons. The van der Waals surface area contributed by atoms with E-state index in [1.807, 2.05) is 13.0 Å². The Labute approximate surface area is 225 Å². The molecule has 2 fully saturated rings. The lowest BCUT2D eigenvalue weighted by atomic mass is 9.53. The average molecular weight is 527 g/mol. The molecule has 2 aliphatic carbocycles. The fourth-order valence-corrected chi connectivity index (χ4v) is 8.17. The number of anilines is 1. The highest BCUT2D eigenvalue weighted by molar-refractivity contribution is 7.15. The Morgan fingerprint density at radius 1 is 1.30 bits per heavy atom. The third kappa shape index (κ3) is 5.72. The number of aliphatic hydroxyl groups excluding tert-OH is 1. The largest absolute Gasteiger partial charge is 0.392 e. The van der Waals surface area contributed by atoms with Crippen LogP contribution in [0.5, 0.6) is 0 Å². The normalized spacial score (nSPS) is 30.7. The molecule has 8 heteroatoms. The lowest BCUT2D eigenvalue weighted by molar-refractivity contribution is -0.134. The number of thiazole rings is 1. The van der Waals surface area contributed by atoms with Crippen molar-refractivity contribution in [1.29, 1.82) is 0 Å². The van der Waals surface area contributed by atoms with E-state index in [0.717, 1.165) is 69.5 Å². The van der Waals surface area contributed by atoms with Crippen molar-refractivity contribution in [3.63, 3.8) is 0 Å². The summed E-state index contributed by atoms with van der Waals surface area (Å²) in [6.45, 7) is 12.2. The summed E-state index contributed by atoms with van der Waals surface area (Å²) in [5, 5.41) is 19.3. The zero-order valence-electron chi connectivity index (χ0n) is 22.4. The van der Waals surface area contributed by atoms with Crippen molar-refractivity contribution in [2.24, 2.45) is 23.2 Å². The minimum atomic E-state index is -0.510. The molecule has 2 heterocycles. The van der Waals surface area contributed by atoms with Crippen LogP contribution >= 0.6 is 11.3 Å². The number of aromatic nitrogens is 1. The zero-order valence-corrected chi connectivity index (χ0v) is 23.2. The number of nitrogens with zero attached hydrogens (tertiary/aromatic N) is 2. The van der Waals surface area contributed by atoms with Gasteiger partial charge in [-0.25, -0.2) is 4.98 Å². The molecule has 0 spiro atoms. The van der Waals surface area contributed by atoms with Gasteiger partial charge in [0.25, 0.3) is 0 Å². The van der Waals surface area contributed by atoms with Crippen molar-refractivity contribution in [3.8, 4) is 0 Å². The number of benzene rings is 1. The van der Waals surface area contributed by atoms with E-state index in [9.17, 15) is 9.90 Å². The van der Waals surface area contributed by atoms with Crippen molar-refractivity contribution in [1.82, 2.24) is 15.2 Å². The number of fused-ring (bicyclic) bond motifs is 2. The first-order valence-electron chi connectivity index (χ1n) is 13.9. The van der Waals surface area contributed by atoms with Gasteiger partial charge in [0.15, 0.2) is 5.13 Å². The van der Waals surface area contributed by atoms with Crippen LogP contribution in [0.25, 0.3) is 0 Å². The van der Waals surface area contributed by atoms with Crippen molar-refractivity contribution < 1.29 is 14.6 Å². The predicted octanol–water partition coefficient (Wildman–Crippen LogP) is 3.89. The Balaban J connectivity index is 1.22. The molecule has 1 saturated carbocycles. The van der Waals surface area contributed by atoms with Gasteiger partial charge in [-0.1, -0.05) is 51.1 Å². The van der Waals surface area contributed by atoms with E-state index in [0.29, 0.717) is 6.54 Å². The van der Waals surface area contributed by atoms with Gasteiger partial charge < -0.3 is 20.5 Å². The third-order valence-corrected chi connectivity index (χ3v) is 10.1. The molecule has 202 valence electrons. The second kappa shape index (κ2) is 11.4. The summed E-state index contributed by atoms with van der Waals surface area (Å²) in [6.07, 6.45) is 2.35. The van der Waals surface area contributed by atoms with Crippen LogP contribution in [-0.2, 0) is 22.5 Å². The van der Waals surface area contributed by atoms with Gasteiger partial charge in [-0.3, -0.25) is 9.69 Å². The van der Waals surface area contributed by atoms with Gasteiger partial charge in [0.05, 0.1) is 25.0 Å². The fourth-order valence-electron chi connectivity index (χ4n) is 6.91. The van der Waals surface area contributed by atoms with Gasteiger partial charge in [-0.05, 0) is 42.1 Å². The number of ether oxygens (including phenoxy) is 1. The highest BCUT2D eigenvalue weighted by Crippen LogP contribution is 2.57. The number of amides is 1. The number of hydrogen-bond donors (Lipinski definition) is 3. The highest BCUT2D eigenvalue weighted by Gasteiger charge is 2.53. The number of carbonyl (C=O) groups is 1. The second-order valence-corrected chi connectivity index (χ2v) is 12.6. The Bertz CT molecular complexity index is 1060. The van der Waals surface area contributed by atoms with E-state index < -0.39 is 6.10 Å². The summed E-state index contributed by atoms with van der Waals surface area (Å²) in [5.74, 6) is 0.0837. The summed E-state index contributed by atoms with van der Waals surface area (Å²) in [5.41, 5.74) is 2.39. The second-order valence-electron chi connectivity index (χ2n) is 11.5. The Morgan fingerprint density at radius 3 is 2.81 bits per heavy atom. The standard InChI is InChI=1S/C29H42N4O3S/c1-19(27(35)30-11-12-33-13-15-36-16-14-33)22-9-10-29(3)17-23-25(20(2)24(29)26(22)34)32-28(37-23)31-18-21-7-5-4-6-8-21/h4-8,19-20,22,24,26,34H,9-18H2,1-3H3,(H,30,35)(H,31,32)/t19-,20-,22-,24+,26-,29-/m0/s1. The first kappa shape index (κ1) is 26.6. The lowest BCUT2D eigenvalue weighted by Crippen LogP contribution is -2.53. The molecule has 0 unspecified atom stereocenters. The molecule has 37 heavy (non-hydrogen) atoms. The number of aliphatic hydroxyl groups is 1. The monoisotopic (exact) mass is 526 g/mol. The molecule has 7 nitrogen and oxygen atoms in total. The van der Waals surface area contributed by atoms with Crippen LogP contribution < -0.4 is 10.6 Å². The van der Waals surface area contributed by atoms with E-state index >= 15 is 0 Å². The van der Waals surface area contributed by atoms with Crippen molar-refractivity contribution in [2.45, 2.75) is 58.6 Å². The van der Waals surface area contributed by atoms with Gasteiger partial charge in [0.2, 0.25) is 5.91 Å². The molecular weight excluding hydrogens is 484 g/mol. The van der Waals surface area contributed by atoms with Gasteiger partial charge in [0.1, 0.15) is 0 Å². The lowest BCUT2D eigenvalue weighted by Gasteiger charge is -2.53. The molecule has 1 saturated heterocycles. The van der Waals surface area contributed by atoms with Gasteiger partial charge in [-0.2, -0.15) is 0 Å². The zero-order chi connectivity index (χ0) is 26.0. The van der Waals surface area contributed by atoms with Crippen LogP contribution in [0.4, 0.5) is 5.13 Å². The first-order valence-corrected chi connectivity index (χ1v) is 14.7. The smallest absolute Gasteiger partial charge is 0.223 e. The summed E-state index contributed by atoms with van der Waals surface area (Å²) in [7, 11) is 0. The average Bonchev–Trinajstić information content (AvgIpc) is 3.31. The maximum atomic E-state index is 13.1. The fraction of sp³-hybridized carbons (Fsp3) is 0.655. The van der Waals surface area contributed by atoms with E-state index in [1.165, 1.54) is 10.4 Å². The van der Waals surface area contributed by atoms with Gasteiger partial charge in [-0.15, -0.1) is 11.3 Å². The van der Waals surface area contributed by atoms with Crippen molar-refractivity contribution >= 4 is 22.4 Å². The molecule has 3 N–H and O–H groups in total. The molecule has 1 aromatic carbocycles. The van der Waals surface area contributed by atoms with Crippen LogP contribution in [0.2, 0.25) is 0 Å².